The molecular formula is C17H19FN2O. The van der Waals surface area contributed by atoms with Crippen LogP contribution >= 0.6 is 0 Å². The van der Waals surface area contributed by atoms with E-state index in [1.54, 1.807) is 18.2 Å². The zero-order valence-corrected chi connectivity index (χ0v) is 12.2. The van der Waals surface area contributed by atoms with Crippen molar-refractivity contribution in [1.82, 2.24) is 9.55 Å². The molecule has 21 heavy (non-hydrogen) atoms. The Morgan fingerprint density at radius 1 is 1.29 bits per heavy atom. The minimum Gasteiger partial charge on any atom is -0.325 e. The maximum Gasteiger partial charge on any atom is 0.157 e. The molecule has 1 heterocycles. The predicted molar refractivity (Wildman–Crippen MR) is 78.7 cm³/mol. The van der Waals surface area contributed by atoms with E-state index in [4.69, 9.17) is 0 Å². The first kappa shape index (κ1) is 14.0. The van der Waals surface area contributed by atoms with Gasteiger partial charge in [-0.05, 0) is 44.2 Å². The van der Waals surface area contributed by atoms with Gasteiger partial charge < -0.3 is 4.57 Å². The molecule has 1 aliphatic carbocycles. The van der Waals surface area contributed by atoms with Crippen molar-refractivity contribution in [3.05, 3.63) is 52.9 Å². The number of aromatic nitrogens is 2. The summed E-state index contributed by atoms with van der Waals surface area (Å²) in [6.45, 7) is 2.23. The molecule has 110 valence electrons. The minimum atomic E-state index is -0.310. The molecule has 3 nitrogen and oxygen atoms in total. The van der Waals surface area contributed by atoms with Gasteiger partial charge in [0.2, 0.25) is 0 Å². The number of hydrogen-bond donors (Lipinski definition) is 0. The van der Waals surface area contributed by atoms with Crippen LogP contribution in [0.25, 0.3) is 0 Å². The van der Waals surface area contributed by atoms with Crippen LogP contribution in [-0.2, 0) is 30.6 Å². The van der Waals surface area contributed by atoms with Crippen LogP contribution in [0.4, 0.5) is 4.39 Å². The lowest BCUT2D eigenvalue weighted by molar-refractivity contribution is -0.119. The Kier molecular flexibility index (Phi) is 3.86. The maximum absolute atomic E-state index is 13.6. The van der Waals surface area contributed by atoms with Gasteiger partial charge in [-0.2, -0.15) is 0 Å². The van der Waals surface area contributed by atoms with Crippen molar-refractivity contribution in [1.29, 1.82) is 0 Å². The molecule has 0 spiro atoms. The highest BCUT2D eigenvalue weighted by molar-refractivity contribution is 5.80. The van der Waals surface area contributed by atoms with Crippen LogP contribution in [0.15, 0.2) is 24.3 Å². The molecule has 2 aromatic rings. The summed E-state index contributed by atoms with van der Waals surface area (Å²) in [5.74, 6) is 0.605. The highest BCUT2D eigenvalue weighted by Crippen LogP contribution is 2.22. The molecule has 1 aliphatic rings. The molecule has 0 radical (unpaired) electrons. The fourth-order valence-corrected chi connectivity index (χ4v) is 3.03. The molecule has 0 fully saturated rings. The standard InChI is InChI=1S/C17H19FN2O/c1-12-19-16-8-4-5-9-17(16)20(12)11-14(21)10-13-6-2-3-7-15(13)18/h2-3,6-7H,4-5,8-11H2,1H3. The van der Waals surface area contributed by atoms with Crippen LogP contribution in [-0.4, -0.2) is 15.3 Å². The lowest BCUT2D eigenvalue weighted by Crippen LogP contribution is -2.17. The van der Waals surface area contributed by atoms with Crippen molar-refractivity contribution in [3.63, 3.8) is 0 Å². The van der Waals surface area contributed by atoms with Gasteiger partial charge in [-0.15, -0.1) is 0 Å². The third-order valence-electron chi connectivity index (χ3n) is 4.10. The van der Waals surface area contributed by atoms with Crippen molar-refractivity contribution >= 4 is 5.78 Å². The first-order valence-corrected chi connectivity index (χ1v) is 7.45. The Labute approximate surface area is 123 Å². The van der Waals surface area contributed by atoms with Crippen LogP contribution in [0.5, 0.6) is 0 Å². The number of Topliss-reactive ketones (excluding diaryl/α,β-unsaturated/α-hetero) is 1. The Morgan fingerprint density at radius 3 is 2.86 bits per heavy atom. The fourth-order valence-electron chi connectivity index (χ4n) is 3.03. The van der Waals surface area contributed by atoms with Gasteiger partial charge in [0.25, 0.3) is 0 Å². The molecule has 0 N–H and O–H groups in total. The molecule has 1 aromatic carbocycles. The number of halogens is 1. The Bertz CT molecular complexity index is 675. The molecule has 0 amide bonds. The van der Waals surface area contributed by atoms with Crippen molar-refractivity contribution in [2.45, 2.75) is 45.6 Å². The molecule has 4 heteroatoms. The zero-order valence-electron chi connectivity index (χ0n) is 12.2. The van der Waals surface area contributed by atoms with Crippen molar-refractivity contribution < 1.29 is 9.18 Å². The molecule has 0 unspecified atom stereocenters. The summed E-state index contributed by atoms with van der Waals surface area (Å²) in [5.41, 5.74) is 2.80. The van der Waals surface area contributed by atoms with E-state index in [0.717, 1.165) is 30.8 Å². The van der Waals surface area contributed by atoms with E-state index < -0.39 is 0 Å². The second kappa shape index (κ2) is 5.80. The summed E-state index contributed by atoms with van der Waals surface area (Å²) in [7, 11) is 0. The number of imidazole rings is 1. The second-order valence-electron chi connectivity index (χ2n) is 5.65. The van der Waals surface area contributed by atoms with Crippen LogP contribution in [0.2, 0.25) is 0 Å². The van der Waals surface area contributed by atoms with E-state index in [1.165, 1.54) is 18.2 Å². The molecule has 0 bridgehead atoms. The normalized spacial score (nSPS) is 14.0. The Hall–Kier alpha value is -1.97. The van der Waals surface area contributed by atoms with Gasteiger partial charge >= 0.3 is 0 Å². The van der Waals surface area contributed by atoms with Crippen LogP contribution < -0.4 is 0 Å². The number of nitrogens with zero attached hydrogens (tertiary/aromatic N) is 2. The number of carbonyl (C=O) groups excluding carboxylic acids is 1. The Morgan fingerprint density at radius 2 is 2.05 bits per heavy atom. The molecule has 0 saturated heterocycles. The van der Waals surface area contributed by atoms with E-state index in [-0.39, 0.29) is 18.0 Å². The number of hydrogen-bond acceptors (Lipinski definition) is 2. The summed E-state index contributed by atoms with van der Waals surface area (Å²) >= 11 is 0. The van der Waals surface area contributed by atoms with Gasteiger partial charge in [0.05, 0.1) is 12.2 Å². The quantitative estimate of drug-likeness (QED) is 0.866. The van der Waals surface area contributed by atoms with E-state index >= 15 is 0 Å². The SMILES string of the molecule is Cc1nc2c(n1CC(=O)Cc1ccccc1F)CCCC2. The summed E-state index contributed by atoms with van der Waals surface area (Å²) in [6, 6.07) is 6.46. The summed E-state index contributed by atoms with van der Waals surface area (Å²) in [5, 5.41) is 0. The van der Waals surface area contributed by atoms with E-state index in [9.17, 15) is 9.18 Å². The smallest absolute Gasteiger partial charge is 0.157 e. The highest BCUT2D eigenvalue weighted by Gasteiger charge is 2.19. The number of carbonyl (C=O) groups is 1. The van der Waals surface area contributed by atoms with Crippen LogP contribution in [0, 0.1) is 12.7 Å². The van der Waals surface area contributed by atoms with Gasteiger partial charge in [0, 0.05) is 12.1 Å². The maximum atomic E-state index is 13.6. The van der Waals surface area contributed by atoms with Gasteiger partial charge in [0.15, 0.2) is 5.78 Å². The van der Waals surface area contributed by atoms with Crippen molar-refractivity contribution in [2.75, 3.05) is 0 Å². The van der Waals surface area contributed by atoms with Crippen molar-refractivity contribution in [2.24, 2.45) is 0 Å². The number of benzene rings is 1. The van der Waals surface area contributed by atoms with Crippen molar-refractivity contribution in [3.8, 4) is 0 Å². The first-order chi connectivity index (χ1) is 10.1. The third-order valence-corrected chi connectivity index (χ3v) is 4.10. The molecule has 0 saturated carbocycles. The van der Waals surface area contributed by atoms with E-state index in [1.807, 2.05) is 11.5 Å². The monoisotopic (exact) mass is 286 g/mol. The highest BCUT2D eigenvalue weighted by atomic mass is 19.1. The van der Waals surface area contributed by atoms with E-state index in [2.05, 4.69) is 4.98 Å². The predicted octanol–water partition coefficient (Wildman–Crippen LogP) is 3.02. The lowest BCUT2D eigenvalue weighted by Gasteiger charge is -2.14. The number of fused-ring (bicyclic) bond motifs is 1. The Balaban J connectivity index is 1.76. The van der Waals surface area contributed by atoms with Gasteiger partial charge in [-0.25, -0.2) is 9.37 Å². The first-order valence-electron chi connectivity index (χ1n) is 7.45. The number of aryl methyl sites for hydroxylation is 2. The molecule has 3 rings (SSSR count). The summed E-state index contributed by atoms with van der Waals surface area (Å²) < 4.78 is 15.6. The molecular weight excluding hydrogens is 267 g/mol. The van der Waals surface area contributed by atoms with Crippen LogP contribution in [0.1, 0.15) is 35.6 Å². The molecule has 0 atom stereocenters. The lowest BCUT2D eigenvalue weighted by atomic mass is 10.0. The zero-order chi connectivity index (χ0) is 14.8. The number of ketones is 1. The minimum absolute atomic E-state index is 0.0222. The topological polar surface area (TPSA) is 34.9 Å². The second-order valence-corrected chi connectivity index (χ2v) is 5.65. The molecule has 1 aromatic heterocycles. The average Bonchev–Trinajstić information content (AvgIpc) is 2.78. The van der Waals surface area contributed by atoms with Gasteiger partial charge in [-0.3, -0.25) is 4.79 Å². The largest absolute Gasteiger partial charge is 0.325 e. The number of rotatable bonds is 4. The molecule has 0 aliphatic heterocycles. The van der Waals surface area contributed by atoms with E-state index in [0.29, 0.717) is 12.1 Å². The van der Waals surface area contributed by atoms with Gasteiger partial charge in [-0.1, -0.05) is 18.2 Å². The summed E-state index contributed by atoms with van der Waals surface area (Å²) in [6.07, 6.45) is 4.46. The summed E-state index contributed by atoms with van der Waals surface area (Å²) in [4.78, 5) is 16.8. The fraction of sp³-hybridized carbons (Fsp3) is 0.412. The van der Waals surface area contributed by atoms with Crippen LogP contribution in [0.3, 0.4) is 0 Å². The average molecular weight is 286 g/mol. The third kappa shape index (κ3) is 2.89. The van der Waals surface area contributed by atoms with Gasteiger partial charge in [0.1, 0.15) is 11.6 Å².